The van der Waals surface area contributed by atoms with Gasteiger partial charge in [0.1, 0.15) is 0 Å². The van der Waals surface area contributed by atoms with Crippen LogP contribution in [0.4, 0.5) is 5.95 Å². The number of nitrogens with zero attached hydrogens (tertiary/aromatic N) is 3. The maximum atomic E-state index is 10.0. The van der Waals surface area contributed by atoms with Crippen LogP contribution in [0.2, 0.25) is 0 Å². The quantitative estimate of drug-likeness (QED) is 0.867. The molecule has 1 fully saturated rings. The SMILES string of the molecule is CCCc1cnc(N2CCCC(C)(O)C2)nc1. The Labute approximate surface area is 103 Å². The topological polar surface area (TPSA) is 49.2 Å². The molecule has 1 aliphatic heterocycles. The van der Waals surface area contributed by atoms with Crippen molar-refractivity contribution in [2.24, 2.45) is 0 Å². The van der Waals surface area contributed by atoms with Gasteiger partial charge >= 0.3 is 0 Å². The van der Waals surface area contributed by atoms with E-state index in [9.17, 15) is 5.11 Å². The summed E-state index contributed by atoms with van der Waals surface area (Å²) in [4.78, 5) is 10.8. The van der Waals surface area contributed by atoms with E-state index in [1.54, 1.807) is 0 Å². The van der Waals surface area contributed by atoms with Gasteiger partial charge in [-0.1, -0.05) is 13.3 Å². The summed E-state index contributed by atoms with van der Waals surface area (Å²) in [6.07, 6.45) is 7.79. The van der Waals surface area contributed by atoms with E-state index in [1.165, 1.54) is 5.56 Å². The van der Waals surface area contributed by atoms with Crippen LogP contribution in [0.1, 0.15) is 38.7 Å². The molecule has 94 valence electrons. The van der Waals surface area contributed by atoms with Crippen LogP contribution in [0.25, 0.3) is 0 Å². The zero-order valence-corrected chi connectivity index (χ0v) is 10.7. The van der Waals surface area contributed by atoms with E-state index >= 15 is 0 Å². The molecule has 0 radical (unpaired) electrons. The minimum Gasteiger partial charge on any atom is -0.388 e. The van der Waals surface area contributed by atoms with Gasteiger partial charge in [0.25, 0.3) is 0 Å². The molecule has 2 rings (SSSR count). The van der Waals surface area contributed by atoms with Crippen LogP contribution in [0, 0.1) is 0 Å². The summed E-state index contributed by atoms with van der Waals surface area (Å²) in [5.74, 6) is 0.741. The van der Waals surface area contributed by atoms with Gasteiger partial charge in [0.05, 0.1) is 5.60 Å². The monoisotopic (exact) mass is 235 g/mol. The zero-order chi connectivity index (χ0) is 12.3. The molecule has 2 heterocycles. The molecule has 1 unspecified atom stereocenters. The van der Waals surface area contributed by atoms with Crippen LogP contribution in [0.5, 0.6) is 0 Å². The van der Waals surface area contributed by atoms with Crippen LogP contribution in [0.15, 0.2) is 12.4 Å². The van der Waals surface area contributed by atoms with E-state index in [-0.39, 0.29) is 0 Å². The standard InChI is InChI=1S/C13H21N3O/c1-3-5-11-8-14-12(15-9-11)16-7-4-6-13(2,17)10-16/h8-9,17H,3-7,10H2,1-2H3. The molecule has 0 amide bonds. The number of aliphatic hydroxyl groups is 1. The molecule has 17 heavy (non-hydrogen) atoms. The summed E-state index contributed by atoms with van der Waals surface area (Å²) in [7, 11) is 0. The highest BCUT2D eigenvalue weighted by molar-refractivity contribution is 5.31. The molecule has 0 bridgehead atoms. The molecule has 1 aromatic heterocycles. The molecular weight excluding hydrogens is 214 g/mol. The normalized spacial score (nSPS) is 25.0. The van der Waals surface area contributed by atoms with Gasteiger partial charge in [-0.25, -0.2) is 9.97 Å². The molecule has 1 aliphatic rings. The van der Waals surface area contributed by atoms with Crippen molar-refractivity contribution >= 4 is 5.95 Å². The largest absolute Gasteiger partial charge is 0.388 e. The lowest BCUT2D eigenvalue weighted by Crippen LogP contribution is -2.46. The second kappa shape index (κ2) is 5.00. The first kappa shape index (κ1) is 12.3. The van der Waals surface area contributed by atoms with Gasteiger partial charge in [0, 0.05) is 25.5 Å². The summed E-state index contributed by atoms with van der Waals surface area (Å²) < 4.78 is 0. The minimum absolute atomic E-state index is 0.607. The lowest BCUT2D eigenvalue weighted by atomic mass is 9.95. The van der Waals surface area contributed by atoms with Crippen LogP contribution in [-0.2, 0) is 6.42 Å². The molecule has 4 heteroatoms. The van der Waals surface area contributed by atoms with Crippen molar-refractivity contribution in [3.8, 4) is 0 Å². The highest BCUT2D eigenvalue weighted by Gasteiger charge is 2.29. The van der Waals surface area contributed by atoms with Crippen molar-refractivity contribution in [2.45, 2.75) is 45.1 Å². The van der Waals surface area contributed by atoms with Gasteiger partial charge in [-0.2, -0.15) is 0 Å². The molecule has 0 spiro atoms. The highest BCUT2D eigenvalue weighted by atomic mass is 16.3. The Morgan fingerprint density at radius 2 is 2.12 bits per heavy atom. The molecule has 0 aliphatic carbocycles. The van der Waals surface area contributed by atoms with Crippen molar-refractivity contribution in [3.63, 3.8) is 0 Å². The summed E-state index contributed by atoms with van der Waals surface area (Å²) in [5, 5.41) is 10.0. The first-order chi connectivity index (χ1) is 8.11. The van der Waals surface area contributed by atoms with E-state index < -0.39 is 5.60 Å². The van der Waals surface area contributed by atoms with Crippen LogP contribution in [0.3, 0.4) is 0 Å². The minimum atomic E-state index is -0.607. The Balaban J connectivity index is 2.06. The smallest absolute Gasteiger partial charge is 0.225 e. The Bertz CT molecular complexity index is 361. The molecule has 4 nitrogen and oxygen atoms in total. The molecule has 1 saturated heterocycles. The number of anilines is 1. The fourth-order valence-electron chi connectivity index (χ4n) is 2.32. The molecule has 1 aromatic rings. The van der Waals surface area contributed by atoms with E-state index in [2.05, 4.69) is 21.8 Å². The van der Waals surface area contributed by atoms with Gasteiger partial charge in [0.2, 0.25) is 5.95 Å². The van der Waals surface area contributed by atoms with Gasteiger partial charge < -0.3 is 10.0 Å². The van der Waals surface area contributed by atoms with Crippen molar-refractivity contribution in [3.05, 3.63) is 18.0 Å². The molecule has 0 aromatic carbocycles. The Hall–Kier alpha value is -1.16. The number of rotatable bonds is 3. The van der Waals surface area contributed by atoms with Gasteiger partial charge in [-0.05, 0) is 31.7 Å². The molecule has 1 atom stereocenters. The summed E-state index contributed by atoms with van der Waals surface area (Å²) in [6.45, 7) is 5.59. The lowest BCUT2D eigenvalue weighted by molar-refractivity contribution is 0.0444. The Morgan fingerprint density at radius 1 is 1.41 bits per heavy atom. The van der Waals surface area contributed by atoms with Crippen molar-refractivity contribution in [1.29, 1.82) is 0 Å². The number of aromatic nitrogens is 2. The summed E-state index contributed by atoms with van der Waals surface area (Å²) in [6, 6.07) is 0. The third kappa shape index (κ3) is 3.16. The predicted molar refractivity (Wildman–Crippen MR) is 68.1 cm³/mol. The molecule has 0 saturated carbocycles. The van der Waals surface area contributed by atoms with Gasteiger partial charge in [0.15, 0.2) is 0 Å². The molecule has 1 N–H and O–H groups in total. The second-order valence-electron chi connectivity index (χ2n) is 5.16. The van der Waals surface area contributed by atoms with Crippen molar-refractivity contribution in [1.82, 2.24) is 9.97 Å². The van der Waals surface area contributed by atoms with E-state index in [0.29, 0.717) is 6.54 Å². The van der Waals surface area contributed by atoms with Crippen LogP contribution < -0.4 is 4.90 Å². The van der Waals surface area contributed by atoms with E-state index in [0.717, 1.165) is 38.2 Å². The second-order valence-corrected chi connectivity index (χ2v) is 5.16. The fourth-order valence-corrected chi connectivity index (χ4v) is 2.32. The molecular formula is C13H21N3O. The van der Waals surface area contributed by atoms with Crippen LogP contribution in [-0.4, -0.2) is 33.8 Å². The Morgan fingerprint density at radius 3 is 2.71 bits per heavy atom. The average Bonchev–Trinajstić information content (AvgIpc) is 2.29. The van der Waals surface area contributed by atoms with E-state index in [1.807, 2.05) is 19.3 Å². The summed E-state index contributed by atoms with van der Waals surface area (Å²) in [5.41, 5.74) is 0.573. The number of β-amino-alcohol motifs (C(OH)–C–C–N with tert-alkyl or cyclic N) is 1. The Kier molecular flexibility index (Phi) is 3.62. The first-order valence-electron chi connectivity index (χ1n) is 6.39. The maximum Gasteiger partial charge on any atom is 0.225 e. The third-order valence-electron chi connectivity index (χ3n) is 3.19. The van der Waals surface area contributed by atoms with Crippen LogP contribution >= 0.6 is 0 Å². The van der Waals surface area contributed by atoms with Gasteiger partial charge in [-0.3, -0.25) is 0 Å². The predicted octanol–water partition coefficient (Wildman–Crippen LogP) is 1.78. The van der Waals surface area contributed by atoms with Crippen molar-refractivity contribution in [2.75, 3.05) is 18.0 Å². The zero-order valence-electron chi connectivity index (χ0n) is 10.7. The number of hydrogen-bond donors (Lipinski definition) is 1. The number of piperidine rings is 1. The van der Waals surface area contributed by atoms with Crippen molar-refractivity contribution < 1.29 is 5.11 Å². The third-order valence-corrected chi connectivity index (χ3v) is 3.19. The van der Waals surface area contributed by atoms with E-state index in [4.69, 9.17) is 0 Å². The summed E-state index contributed by atoms with van der Waals surface area (Å²) >= 11 is 0. The average molecular weight is 235 g/mol. The number of hydrogen-bond acceptors (Lipinski definition) is 4. The lowest BCUT2D eigenvalue weighted by Gasteiger charge is -2.36. The maximum absolute atomic E-state index is 10.0. The van der Waals surface area contributed by atoms with Gasteiger partial charge in [-0.15, -0.1) is 0 Å². The fraction of sp³-hybridized carbons (Fsp3) is 0.692. The first-order valence-corrected chi connectivity index (χ1v) is 6.39. The highest BCUT2D eigenvalue weighted by Crippen LogP contribution is 2.23. The number of aryl methyl sites for hydroxylation is 1.